The minimum Gasteiger partial charge on any atom is -0.278 e. The van der Waals surface area contributed by atoms with Gasteiger partial charge in [-0.05, 0) is 43.7 Å². The maximum Gasteiger partial charge on any atom is 0.280 e. The van der Waals surface area contributed by atoms with Crippen molar-refractivity contribution >= 4 is 32.6 Å². The van der Waals surface area contributed by atoms with Gasteiger partial charge in [-0.3, -0.25) is 19.4 Å². The zero-order valence-electron chi connectivity index (χ0n) is 15.1. The lowest BCUT2D eigenvalue weighted by Crippen LogP contribution is -2.31. The maximum absolute atomic E-state index is 13.3. The van der Waals surface area contributed by atoms with Crippen LogP contribution in [0.15, 0.2) is 61.1 Å². The number of fused-ring (bicyclic) bond motifs is 1. The standard InChI is InChI=1S/C20H19N5OS/c1-14(2)25-11-9-17(23-25)19(26)24(13-15-6-5-10-21-12-15)20-22-16-7-3-4-8-18(16)27-20/h3-12,14H,13H2,1-2H3. The van der Waals surface area contributed by atoms with Crippen molar-refractivity contribution in [3.63, 3.8) is 0 Å². The molecule has 1 amide bonds. The molecular formula is C20H19N5OS. The number of carbonyl (C=O) groups is 1. The number of hydrogen-bond donors (Lipinski definition) is 0. The monoisotopic (exact) mass is 377 g/mol. The van der Waals surface area contributed by atoms with Crippen molar-refractivity contribution in [1.82, 2.24) is 19.7 Å². The topological polar surface area (TPSA) is 63.9 Å². The van der Waals surface area contributed by atoms with Gasteiger partial charge in [0, 0.05) is 24.6 Å². The number of rotatable bonds is 5. The van der Waals surface area contributed by atoms with Gasteiger partial charge in [-0.2, -0.15) is 5.10 Å². The third-order valence-electron chi connectivity index (χ3n) is 4.18. The first-order valence-corrected chi connectivity index (χ1v) is 9.55. The van der Waals surface area contributed by atoms with Crippen molar-refractivity contribution in [2.24, 2.45) is 0 Å². The summed E-state index contributed by atoms with van der Waals surface area (Å²) in [7, 11) is 0. The Morgan fingerprint density at radius 2 is 2.04 bits per heavy atom. The van der Waals surface area contributed by atoms with Gasteiger partial charge < -0.3 is 0 Å². The largest absolute Gasteiger partial charge is 0.280 e. The average Bonchev–Trinajstić information content (AvgIpc) is 3.33. The van der Waals surface area contributed by atoms with Gasteiger partial charge in [0.15, 0.2) is 10.8 Å². The first kappa shape index (κ1) is 17.4. The van der Waals surface area contributed by atoms with Crippen LogP contribution in [0.1, 0.15) is 35.9 Å². The van der Waals surface area contributed by atoms with Gasteiger partial charge in [-0.1, -0.05) is 29.5 Å². The van der Waals surface area contributed by atoms with Crippen molar-refractivity contribution < 1.29 is 4.79 Å². The Kier molecular flexibility index (Phi) is 4.68. The van der Waals surface area contributed by atoms with Crippen LogP contribution in [0.4, 0.5) is 5.13 Å². The SMILES string of the molecule is CC(C)n1ccc(C(=O)N(Cc2cccnc2)c2nc3ccccc3s2)n1. The number of benzene rings is 1. The van der Waals surface area contributed by atoms with E-state index in [-0.39, 0.29) is 11.9 Å². The Bertz CT molecular complexity index is 1040. The molecule has 1 aromatic carbocycles. The minimum atomic E-state index is -0.169. The Morgan fingerprint density at radius 1 is 1.19 bits per heavy atom. The molecule has 3 aromatic heterocycles. The van der Waals surface area contributed by atoms with Crippen molar-refractivity contribution in [1.29, 1.82) is 0 Å². The molecule has 0 fully saturated rings. The highest BCUT2D eigenvalue weighted by molar-refractivity contribution is 7.22. The van der Waals surface area contributed by atoms with E-state index < -0.39 is 0 Å². The van der Waals surface area contributed by atoms with Gasteiger partial charge in [0.25, 0.3) is 5.91 Å². The summed E-state index contributed by atoms with van der Waals surface area (Å²) in [5, 5.41) is 5.09. The third kappa shape index (κ3) is 3.59. The van der Waals surface area contributed by atoms with Gasteiger partial charge in [-0.25, -0.2) is 4.98 Å². The second kappa shape index (κ2) is 7.28. The van der Waals surface area contributed by atoms with Crippen LogP contribution in [-0.2, 0) is 6.54 Å². The molecule has 3 heterocycles. The molecule has 4 rings (SSSR count). The van der Waals surface area contributed by atoms with E-state index in [2.05, 4.69) is 15.1 Å². The second-order valence-electron chi connectivity index (χ2n) is 6.49. The van der Waals surface area contributed by atoms with E-state index in [0.29, 0.717) is 17.4 Å². The lowest BCUT2D eigenvalue weighted by Gasteiger charge is -2.18. The fourth-order valence-corrected chi connectivity index (χ4v) is 3.72. The number of hydrogen-bond acceptors (Lipinski definition) is 5. The van der Waals surface area contributed by atoms with E-state index in [1.165, 1.54) is 11.3 Å². The number of para-hydroxylation sites is 1. The van der Waals surface area contributed by atoms with Gasteiger partial charge in [0.2, 0.25) is 0 Å². The number of anilines is 1. The van der Waals surface area contributed by atoms with E-state index in [1.807, 2.05) is 56.4 Å². The molecule has 0 aliphatic carbocycles. The van der Waals surface area contributed by atoms with Crippen LogP contribution in [0, 0.1) is 0 Å². The van der Waals surface area contributed by atoms with Gasteiger partial charge in [0.05, 0.1) is 16.8 Å². The van der Waals surface area contributed by atoms with E-state index in [1.54, 1.807) is 28.0 Å². The molecule has 136 valence electrons. The zero-order valence-corrected chi connectivity index (χ0v) is 15.9. The summed E-state index contributed by atoms with van der Waals surface area (Å²) in [6, 6.07) is 13.7. The molecule has 6 nitrogen and oxygen atoms in total. The smallest absolute Gasteiger partial charge is 0.278 e. The highest BCUT2D eigenvalue weighted by atomic mass is 32.1. The summed E-state index contributed by atoms with van der Waals surface area (Å²) in [5.41, 5.74) is 2.23. The number of thiazole rings is 1. The van der Waals surface area contributed by atoms with E-state index >= 15 is 0 Å². The molecule has 4 aromatic rings. The lowest BCUT2D eigenvalue weighted by atomic mass is 10.2. The number of aromatic nitrogens is 4. The summed E-state index contributed by atoms with van der Waals surface area (Å²) < 4.78 is 2.83. The fourth-order valence-electron chi connectivity index (χ4n) is 2.75. The van der Waals surface area contributed by atoms with Crippen LogP contribution in [-0.4, -0.2) is 25.7 Å². The molecule has 0 saturated heterocycles. The van der Waals surface area contributed by atoms with Crippen molar-refractivity contribution in [3.8, 4) is 0 Å². The van der Waals surface area contributed by atoms with Crippen LogP contribution < -0.4 is 4.90 Å². The highest BCUT2D eigenvalue weighted by Gasteiger charge is 2.24. The van der Waals surface area contributed by atoms with E-state index in [4.69, 9.17) is 0 Å². The van der Waals surface area contributed by atoms with Crippen LogP contribution >= 0.6 is 11.3 Å². The second-order valence-corrected chi connectivity index (χ2v) is 7.50. The van der Waals surface area contributed by atoms with Gasteiger partial charge in [0.1, 0.15) is 0 Å². The molecule has 27 heavy (non-hydrogen) atoms. The summed E-state index contributed by atoms with van der Waals surface area (Å²) in [4.78, 5) is 23.8. The summed E-state index contributed by atoms with van der Waals surface area (Å²) in [6.45, 7) is 4.45. The predicted octanol–water partition coefficient (Wildman–Crippen LogP) is 4.32. The molecule has 0 bridgehead atoms. The molecule has 0 unspecified atom stereocenters. The Labute approximate surface area is 161 Å². The molecule has 0 saturated carbocycles. The zero-order chi connectivity index (χ0) is 18.8. The van der Waals surface area contributed by atoms with Crippen LogP contribution in [0.3, 0.4) is 0 Å². The average molecular weight is 377 g/mol. The van der Waals surface area contributed by atoms with Gasteiger partial charge >= 0.3 is 0 Å². The third-order valence-corrected chi connectivity index (χ3v) is 5.24. The van der Waals surface area contributed by atoms with Crippen LogP contribution in [0.25, 0.3) is 10.2 Å². The summed E-state index contributed by atoms with van der Waals surface area (Å²) in [5.74, 6) is -0.169. The Morgan fingerprint density at radius 3 is 2.74 bits per heavy atom. The Hall–Kier alpha value is -3.06. The first-order valence-electron chi connectivity index (χ1n) is 8.73. The number of pyridine rings is 1. The predicted molar refractivity (Wildman–Crippen MR) is 107 cm³/mol. The van der Waals surface area contributed by atoms with Gasteiger partial charge in [-0.15, -0.1) is 0 Å². The molecule has 0 atom stereocenters. The van der Waals surface area contributed by atoms with E-state index in [0.717, 1.165) is 15.8 Å². The maximum atomic E-state index is 13.3. The van der Waals surface area contributed by atoms with Crippen LogP contribution in [0.2, 0.25) is 0 Å². The normalized spacial score (nSPS) is 11.2. The summed E-state index contributed by atoms with van der Waals surface area (Å²) in [6.07, 6.45) is 5.32. The highest BCUT2D eigenvalue weighted by Crippen LogP contribution is 2.30. The molecule has 0 aliphatic rings. The van der Waals surface area contributed by atoms with Crippen molar-refractivity contribution in [2.75, 3.05) is 4.90 Å². The number of nitrogens with zero attached hydrogens (tertiary/aromatic N) is 5. The summed E-state index contributed by atoms with van der Waals surface area (Å²) >= 11 is 1.50. The van der Waals surface area contributed by atoms with Crippen molar-refractivity contribution in [2.45, 2.75) is 26.4 Å². The molecule has 0 radical (unpaired) electrons. The minimum absolute atomic E-state index is 0.169. The quantitative estimate of drug-likeness (QED) is 0.520. The molecule has 0 spiro atoms. The molecule has 0 aliphatic heterocycles. The molecule has 0 N–H and O–H groups in total. The number of carbonyl (C=O) groups excluding carboxylic acids is 1. The first-order chi connectivity index (χ1) is 13.1. The molecular weight excluding hydrogens is 358 g/mol. The fraction of sp³-hybridized carbons (Fsp3) is 0.200. The van der Waals surface area contributed by atoms with E-state index in [9.17, 15) is 4.79 Å². The Balaban J connectivity index is 1.73. The number of amides is 1. The van der Waals surface area contributed by atoms with Crippen molar-refractivity contribution in [3.05, 3.63) is 72.3 Å². The molecule has 7 heteroatoms. The van der Waals surface area contributed by atoms with Crippen LogP contribution in [0.5, 0.6) is 0 Å². The lowest BCUT2D eigenvalue weighted by molar-refractivity contribution is 0.0979.